The molecule has 1 aliphatic carbocycles. The molecule has 1 atom stereocenters. The summed E-state index contributed by atoms with van der Waals surface area (Å²) in [5.74, 6) is 1.09. The minimum absolute atomic E-state index is 0.00204. The molecule has 1 aliphatic rings. The van der Waals surface area contributed by atoms with Crippen molar-refractivity contribution in [2.45, 2.75) is 70.3 Å². The third-order valence-corrected chi connectivity index (χ3v) is 7.62. The summed E-state index contributed by atoms with van der Waals surface area (Å²) in [6.07, 6.45) is 5.64. The molecule has 1 N–H and O–H groups in total. The van der Waals surface area contributed by atoms with Crippen LogP contribution in [0.25, 0.3) is 0 Å². The van der Waals surface area contributed by atoms with Gasteiger partial charge in [-0.15, -0.1) is 11.8 Å². The van der Waals surface area contributed by atoms with E-state index in [2.05, 4.69) is 40.3 Å². The van der Waals surface area contributed by atoms with E-state index in [9.17, 15) is 9.59 Å². The highest BCUT2D eigenvalue weighted by Gasteiger charge is 2.28. The topological polar surface area (TPSA) is 49.4 Å². The van der Waals surface area contributed by atoms with Crippen LogP contribution < -0.4 is 5.32 Å². The van der Waals surface area contributed by atoms with Crippen molar-refractivity contribution in [1.82, 2.24) is 10.2 Å². The van der Waals surface area contributed by atoms with Crippen molar-refractivity contribution in [3.05, 3.63) is 69.7 Å². The van der Waals surface area contributed by atoms with E-state index in [0.717, 1.165) is 41.5 Å². The molecule has 1 fully saturated rings. The highest BCUT2D eigenvalue weighted by atomic mass is 79.9. The van der Waals surface area contributed by atoms with E-state index in [4.69, 9.17) is 0 Å². The maximum atomic E-state index is 13.2. The molecule has 172 valence electrons. The standard InChI is InChI=1S/C26H33BrN2O2S/c1-19-8-6-7-9-22(19)17-32-18-25(30)29(16-21-12-14-23(27)15-13-21)20(2)26(31)28-24-10-4-3-5-11-24/h6-9,12-15,20,24H,3-5,10-11,16-18H2,1-2H3,(H,28,31)/t20-/m1/s1. The van der Waals surface area contributed by atoms with Crippen LogP contribution in [-0.4, -0.2) is 34.6 Å². The fraction of sp³-hybridized carbons (Fsp3) is 0.462. The first kappa shape index (κ1) is 24.8. The number of nitrogens with one attached hydrogen (secondary N) is 1. The van der Waals surface area contributed by atoms with E-state index in [1.54, 1.807) is 16.7 Å². The lowest BCUT2D eigenvalue weighted by Crippen LogP contribution is -2.50. The summed E-state index contributed by atoms with van der Waals surface area (Å²) in [6, 6.07) is 15.9. The van der Waals surface area contributed by atoms with Crippen LogP contribution in [0.5, 0.6) is 0 Å². The number of thioether (sulfide) groups is 1. The second-order valence-corrected chi connectivity index (χ2v) is 10.5. The molecule has 0 bridgehead atoms. The molecule has 0 unspecified atom stereocenters. The van der Waals surface area contributed by atoms with Crippen LogP contribution in [0, 0.1) is 6.92 Å². The Morgan fingerprint density at radius 1 is 1.09 bits per heavy atom. The van der Waals surface area contributed by atoms with Gasteiger partial charge in [0.2, 0.25) is 11.8 Å². The van der Waals surface area contributed by atoms with E-state index in [1.807, 2.05) is 43.3 Å². The van der Waals surface area contributed by atoms with Crippen molar-refractivity contribution >= 4 is 39.5 Å². The first-order valence-corrected chi connectivity index (χ1v) is 13.4. The third-order valence-electron chi connectivity index (χ3n) is 6.13. The Labute approximate surface area is 204 Å². The van der Waals surface area contributed by atoms with E-state index >= 15 is 0 Å². The number of carbonyl (C=O) groups excluding carboxylic acids is 2. The zero-order valence-corrected chi connectivity index (χ0v) is 21.4. The van der Waals surface area contributed by atoms with Gasteiger partial charge in [0.15, 0.2) is 0 Å². The Morgan fingerprint density at radius 3 is 2.47 bits per heavy atom. The minimum Gasteiger partial charge on any atom is -0.352 e. The molecule has 6 heteroatoms. The normalized spacial score (nSPS) is 15.2. The van der Waals surface area contributed by atoms with E-state index < -0.39 is 6.04 Å². The van der Waals surface area contributed by atoms with Gasteiger partial charge in [0.1, 0.15) is 6.04 Å². The van der Waals surface area contributed by atoms with Crippen molar-refractivity contribution in [2.75, 3.05) is 5.75 Å². The summed E-state index contributed by atoms with van der Waals surface area (Å²) in [4.78, 5) is 28.0. The largest absolute Gasteiger partial charge is 0.352 e. The molecule has 0 aromatic heterocycles. The first-order chi connectivity index (χ1) is 15.4. The van der Waals surface area contributed by atoms with E-state index in [-0.39, 0.29) is 17.9 Å². The molecule has 32 heavy (non-hydrogen) atoms. The molecule has 3 rings (SSSR count). The first-order valence-electron chi connectivity index (χ1n) is 11.4. The molecule has 0 spiro atoms. The Morgan fingerprint density at radius 2 is 1.78 bits per heavy atom. The van der Waals surface area contributed by atoms with Gasteiger partial charge in [-0.1, -0.05) is 71.6 Å². The van der Waals surface area contributed by atoms with Gasteiger partial charge in [0, 0.05) is 22.8 Å². The fourth-order valence-electron chi connectivity index (χ4n) is 4.04. The third kappa shape index (κ3) is 7.38. The maximum Gasteiger partial charge on any atom is 0.242 e. The van der Waals surface area contributed by atoms with Crippen LogP contribution in [0.3, 0.4) is 0 Å². The Hall–Kier alpha value is -1.79. The highest BCUT2D eigenvalue weighted by Crippen LogP contribution is 2.20. The molecular formula is C26H33BrN2O2S. The Bertz CT molecular complexity index is 897. The Kier molecular flexibility index (Phi) is 9.67. The summed E-state index contributed by atoms with van der Waals surface area (Å²) in [5.41, 5.74) is 3.50. The number of hydrogen-bond acceptors (Lipinski definition) is 3. The number of amides is 2. The van der Waals surface area contributed by atoms with Crippen molar-refractivity contribution in [2.24, 2.45) is 0 Å². The number of hydrogen-bond donors (Lipinski definition) is 1. The number of aryl methyl sites for hydroxylation is 1. The number of halogens is 1. The molecule has 0 aliphatic heterocycles. The smallest absolute Gasteiger partial charge is 0.242 e. The minimum atomic E-state index is -0.507. The molecule has 0 saturated heterocycles. The number of rotatable bonds is 9. The van der Waals surface area contributed by atoms with Gasteiger partial charge < -0.3 is 10.2 Å². The summed E-state index contributed by atoms with van der Waals surface area (Å²) >= 11 is 5.07. The number of benzene rings is 2. The molecule has 2 aromatic rings. The van der Waals surface area contributed by atoms with Crippen LogP contribution in [-0.2, 0) is 21.9 Å². The molecule has 4 nitrogen and oxygen atoms in total. The lowest BCUT2D eigenvalue weighted by Gasteiger charge is -2.31. The maximum absolute atomic E-state index is 13.2. The molecular weight excluding hydrogens is 484 g/mol. The average Bonchev–Trinajstić information content (AvgIpc) is 2.80. The number of nitrogens with zero attached hydrogens (tertiary/aromatic N) is 1. The van der Waals surface area contributed by atoms with Crippen molar-refractivity contribution < 1.29 is 9.59 Å². The molecule has 0 heterocycles. The fourth-order valence-corrected chi connectivity index (χ4v) is 5.29. The van der Waals surface area contributed by atoms with Gasteiger partial charge in [0.25, 0.3) is 0 Å². The summed E-state index contributed by atoms with van der Waals surface area (Å²) in [7, 11) is 0. The molecule has 1 saturated carbocycles. The lowest BCUT2D eigenvalue weighted by molar-refractivity contribution is -0.139. The SMILES string of the molecule is Cc1ccccc1CSCC(=O)N(Cc1ccc(Br)cc1)[C@H](C)C(=O)NC1CCCCC1. The zero-order valence-electron chi connectivity index (χ0n) is 19.0. The average molecular weight is 518 g/mol. The van der Waals surface area contributed by atoms with Crippen LogP contribution in [0.15, 0.2) is 53.0 Å². The van der Waals surface area contributed by atoms with Crippen molar-refractivity contribution in [3.8, 4) is 0 Å². The summed E-state index contributed by atoms with van der Waals surface area (Å²) < 4.78 is 0.996. The lowest BCUT2D eigenvalue weighted by atomic mass is 9.95. The number of carbonyl (C=O) groups is 2. The predicted octanol–water partition coefficient (Wildman–Crippen LogP) is 5.86. The van der Waals surface area contributed by atoms with Gasteiger partial charge in [-0.3, -0.25) is 9.59 Å². The monoisotopic (exact) mass is 516 g/mol. The molecule has 0 radical (unpaired) electrons. The second kappa shape index (κ2) is 12.4. The second-order valence-electron chi connectivity index (χ2n) is 8.59. The summed E-state index contributed by atoms with van der Waals surface area (Å²) in [5, 5.41) is 3.19. The van der Waals surface area contributed by atoms with Crippen molar-refractivity contribution in [1.29, 1.82) is 0 Å². The van der Waals surface area contributed by atoms with Gasteiger partial charge in [0.05, 0.1) is 5.75 Å². The van der Waals surface area contributed by atoms with Crippen molar-refractivity contribution in [3.63, 3.8) is 0 Å². The van der Waals surface area contributed by atoms with Crippen LogP contribution >= 0.6 is 27.7 Å². The van der Waals surface area contributed by atoms with Gasteiger partial charge in [-0.2, -0.15) is 0 Å². The van der Waals surface area contributed by atoms with Gasteiger partial charge in [-0.25, -0.2) is 0 Å². The van der Waals surface area contributed by atoms with E-state index in [1.165, 1.54) is 17.5 Å². The van der Waals surface area contributed by atoms with Crippen LogP contribution in [0.4, 0.5) is 0 Å². The highest BCUT2D eigenvalue weighted by molar-refractivity contribution is 9.10. The zero-order chi connectivity index (χ0) is 22.9. The van der Waals surface area contributed by atoms with Gasteiger partial charge in [-0.05, 0) is 55.5 Å². The van der Waals surface area contributed by atoms with Crippen LogP contribution in [0.1, 0.15) is 55.7 Å². The van der Waals surface area contributed by atoms with E-state index in [0.29, 0.717) is 12.3 Å². The quantitative estimate of drug-likeness (QED) is 0.454. The molecule has 2 aromatic carbocycles. The summed E-state index contributed by atoms with van der Waals surface area (Å²) in [6.45, 7) is 4.37. The van der Waals surface area contributed by atoms with Crippen LogP contribution in [0.2, 0.25) is 0 Å². The predicted molar refractivity (Wildman–Crippen MR) is 137 cm³/mol. The van der Waals surface area contributed by atoms with Gasteiger partial charge >= 0.3 is 0 Å². The Balaban J connectivity index is 1.65. The molecule has 2 amide bonds.